The van der Waals surface area contributed by atoms with E-state index >= 15 is 0 Å². The fourth-order valence-electron chi connectivity index (χ4n) is 6.78. The molecule has 1 atom stereocenters. The van der Waals surface area contributed by atoms with Crippen molar-refractivity contribution in [2.45, 2.75) is 44.4 Å². The summed E-state index contributed by atoms with van der Waals surface area (Å²) in [5.41, 5.74) is 3.80. The number of rotatable bonds is 12. The number of halogens is 2. The maximum atomic E-state index is 14.3. The Hall–Kier alpha value is -5.13. The number of allylic oxidation sites excluding steroid dienone is 1. The van der Waals surface area contributed by atoms with Crippen LogP contribution in [0.4, 0.5) is 8.78 Å². The summed E-state index contributed by atoms with van der Waals surface area (Å²) >= 11 is 0. The molecular formula is C37H40F2N4O6. The quantitative estimate of drug-likeness (QED) is 0.230. The summed E-state index contributed by atoms with van der Waals surface area (Å²) < 4.78 is 46.0. The second kappa shape index (κ2) is 14.6. The van der Waals surface area contributed by atoms with Crippen LogP contribution in [-0.4, -0.2) is 73.2 Å². The largest absolute Gasteiger partial charge is 0.493 e. The maximum Gasteiger partial charge on any atom is 0.332 e. The number of alkyl halides is 2. The molecule has 0 saturated carbocycles. The smallest absolute Gasteiger partial charge is 0.332 e. The SMILES string of the molecule is CNC(=O)COc1ccc(Cn2c(=O)c3cc(OC(CF)CF)ccc3n(C3CCN(C4=Cc5ccccc5C4C)CC3)c2=O)cc1OC. The van der Waals surface area contributed by atoms with Gasteiger partial charge in [0.05, 0.1) is 24.6 Å². The van der Waals surface area contributed by atoms with Gasteiger partial charge in [0.2, 0.25) is 0 Å². The number of hydrogen-bond donors (Lipinski definition) is 1. The van der Waals surface area contributed by atoms with Crippen molar-refractivity contribution in [3.63, 3.8) is 0 Å². The van der Waals surface area contributed by atoms with Gasteiger partial charge < -0.3 is 24.4 Å². The minimum absolute atomic E-state index is 0.0795. The Morgan fingerprint density at radius 1 is 1.00 bits per heavy atom. The minimum Gasteiger partial charge on any atom is -0.493 e. The van der Waals surface area contributed by atoms with Crippen LogP contribution in [0, 0.1) is 0 Å². The van der Waals surface area contributed by atoms with Crippen molar-refractivity contribution in [2.75, 3.05) is 47.2 Å². The lowest BCUT2D eigenvalue weighted by Gasteiger charge is -2.37. The van der Waals surface area contributed by atoms with E-state index in [0.717, 1.165) is 13.1 Å². The summed E-state index contributed by atoms with van der Waals surface area (Å²) in [6.45, 7) is 1.33. The van der Waals surface area contributed by atoms with Gasteiger partial charge in [-0.2, -0.15) is 0 Å². The van der Waals surface area contributed by atoms with Gasteiger partial charge in [-0.05, 0) is 65.9 Å². The highest BCUT2D eigenvalue weighted by atomic mass is 19.1. The van der Waals surface area contributed by atoms with E-state index in [9.17, 15) is 23.2 Å². The van der Waals surface area contributed by atoms with E-state index < -0.39 is 30.7 Å². The highest BCUT2D eigenvalue weighted by Gasteiger charge is 2.30. The van der Waals surface area contributed by atoms with Crippen LogP contribution in [0.5, 0.6) is 17.2 Å². The topological polar surface area (TPSA) is 104 Å². The van der Waals surface area contributed by atoms with Gasteiger partial charge in [0.1, 0.15) is 19.1 Å². The number of likely N-dealkylation sites (N-methyl/N-ethyl adjacent to an activating group) is 1. The van der Waals surface area contributed by atoms with Crippen molar-refractivity contribution in [1.82, 2.24) is 19.4 Å². The zero-order chi connectivity index (χ0) is 34.7. The minimum atomic E-state index is -1.30. The Labute approximate surface area is 282 Å². The van der Waals surface area contributed by atoms with Gasteiger partial charge in [0.15, 0.2) is 24.2 Å². The molecule has 1 aromatic heterocycles. The standard InChI is InChI=1S/C37H40F2N4O6/c1-23-29-7-5-4-6-25(29)17-32(23)41-14-12-26(13-15-41)43-31-10-9-27(49-28(19-38)20-39)18-30(31)36(45)42(37(43)46)21-24-8-11-33(34(16-24)47-3)48-22-35(44)40-2/h4-11,16-18,23,26,28H,12-15,19-22H2,1-3H3,(H,40,44). The molecule has 1 aliphatic heterocycles. The van der Waals surface area contributed by atoms with Crippen LogP contribution in [0.25, 0.3) is 17.0 Å². The fourth-order valence-corrected chi connectivity index (χ4v) is 6.78. The molecule has 49 heavy (non-hydrogen) atoms. The molecule has 4 aromatic rings. The van der Waals surface area contributed by atoms with E-state index in [2.05, 4.69) is 41.4 Å². The van der Waals surface area contributed by atoms with Gasteiger partial charge in [-0.15, -0.1) is 0 Å². The molecule has 1 N–H and O–H groups in total. The number of likely N-dealkylation sites (tertiary alicyclic amines) is 1. The van der Waals surface area contributed by atoms with Crippen LogP contribution in [0.2, 0.25) is 0 Å². The lowest BCUT2D eigenvalue weighted by molar-refractivity contribution is -0.122. The molecule has 258 valence electrons. The first-order valence-electron chi connectivity index (χ1n) is 16.4. The van der Waals surface area contributed by atoms with Crippen molar-refractivity contribution >= 4 is 22.9 Å². The molecule has 1 aliphatic carbocycles. The van der Waals surface area contributed by atoms with Crippen molar-refractivity contribution < 1.29 is 27.8 Å². The van der Waals surface area contributed by atoms with Crippen LogP contribution in [-0.2, 0) is 11.3 Å². The normalized spacial score (nSPS) is 16.1. The number of carbonyl (C=O) groups excluding carboxylic acids is 1. The summed E-state index contributed by atoms with van der Waals surface area (Å²) in [4.78, 5) is 42.4. The molecule has 3 aromatic carbocycles. The Balaban J connectivity index is 1.35. The van der Waals surface area contributed by atoms with Crippen LogP contribution >= 0.6 is 0 Å². The second-order valence-electron chi connectivity index (χ2n) is 12.4. The first kappa shape index (κ1) is 33.8. The van der Waals surface area contributed by atoms with Crippen molar-refractivity contribution in [3.8, 4) is 17.2 Å². The van der Waals surface area contributed by atoms with Crippen LogP contribution in [0.1, 0.15) is 48.4 Å². The number of amides is 1. The number of fused-ring (bicyclic) bond motifs is 2. The van der Waals surface area contributed by atoms with Crippen molar-refractivity contribution in [2.24, 2.45) is 0 Å². The molecule has 0 radical (unpaired) electrons. The summed E-state index contributed by atoms with van der Waals surface area (Å²) in [6.07, 6.45) is 2.28. The maximum absolute atomic E-state index is 14.3. The molecule has 1 saturated heterocycles. The summed E-state index contributed by atoms with van der Waals surface area (Å²) in [6, 6.07) is 17.8. The third kappa shape index (κ3) is 6.77. The first-order valence-corrected chi connectivity index (χ1v) is 16.4. The molecule has 10 nitrogen and oxygen atoms in total. The van der Waals surface area contributed by atoms with E-state index in [0.29, 0.717) is 35.4 Å². The molecule has 2 heterocycles. The monoisotopic (exact) mass is 674 g/mol. The van der Waals surface area contributed by atoms with E-state index in [-0.39, 0.29) is 42.2 Å². The zero-order valence-electron chi connectivity index (χ0n) is 27.8. The Kier molecular flexibility index (Phi) is 10.0. The van der Waals surface area contributed by atoms with Gasteiger partial charge in [-0.3, -0.25) is 18.7 Å². The second-order valence-corrected chi connectivity index (χ2v) is 12.4. The van der Waals surface area contributed by atoms with E-state index in [4.69, 9.17) is 14.2 Å². The molecule has 0 bridgehead atoms. The molecule has 1 fully saturated rings. The lowest BCUT2D eigenvalue weighted by Crippen LogP contribution is -2.44. The number of piperidine rings is 1. The molecule has 1 unspecified atom stereocenters. The Bertz CT molecular complexity index is 2000. The number of carbonyl (C=O) groups is 1. The Morgan fingerprint density at radius 3 is 2.45 bits per heavy atom. The molecule has 1 amide bonds. The summed E-state index contributed by atoms with van der Waals surface area (Å²) in [5, 5.41) is 2.69. The Morgan fingerprint density at radius 2 is 1.76 bits per heavy atom. The van der Waals surface area contributed by atoms with E-state index in [1.54, 1.807) is 34.9 Å². The molecule has 2 aliphatic rings. The lowest BCUT2D eigenvalue weighted by atomic mass is 9.98. The summed E-state index contributed by atoms with van der Waals surface area (Å²) in [5.74, 6) is 0.758. The van der Waals surface area contributed by atoms with Crippen LogP contribution in [0.15, 0.2) is 75.9 Å². The van der Waals surface area contributed by atoms with Gasteiger partial charge in [0, 0.05) is 37.8 Å². The van der Waals surface area contributed by atoms with Crippen molar-refractivity contribution in [3.05, 3.63) is 104 Å². The van der Waals surface area contributed by atoms with E-state index in [1.807, 2.05) is 6.07 Å². The third-order valence-corrected chi connectivity index (χ3v) is 9.40. The predicted molar refractivity (Wildman–Crippen MR) is 183 cm³/mol. The number of benzene rings is 3. The highest BCUT2D eigenvalue weighted by Crippen LogP contribution is 2.39. The van der Waals surface area contributed by atoms with E-state index in [1.165, 1.54) is 41.6 Å². The predicted octanol–water partition coefficient (Wildman–Crippen LogP) is 4.83. The van der Waals surface area contributed by atoms with Crippen LogP contribution < -0.4 is 30.8 Å². The fraction of sp³-hybridized carbons (Fsp3) is 0.378. The number of nitrogens with one attached hydrogen (secondary N) is 1. The number of methoxy groups -OCH3 is 1. The van der Waals surface area contributed by atoms with Gasteiger partial charge in [-0.25, -0.2) is 13.6 Å². The summed E-state index contributed by atoms with van der Waals surface area (Å²) in [7, 11) is 2.96. The van der Waals surface area contributed by atoms with Gasteiger partial charge in [0.25, 0.3) is 11.5 Å². The van der Waals surface area contributed by atoms with Gasteiger partial charge >= 0.3 is 5.69 Å². The third-order valence-electron chi connectivity index (χ3n) is 9.40. The van der Waals surface area contributed by atoms with Crippen LogP contribution in [0.3, 0.4) is 0 Å². The average Bonchev–Trinajstić information content (AvgIpc) is 3.47. The zero-order valence-corrected chi connectivity index (χ0v) is 27.8. The number of hydrogen-bond acceptors (Lipinski definition) is 7. The molecule has 0 spiro atoms. The molecule has 6 rings (SSSR count). The first-order chi connectivity index (χ1) is 23.8. The molecule has 12 heteroatoms. The number of ether oxygens (including phenoxy) is 3. The number of nitrogens with zero attached hydrogens (tertiary/aromatic N) is 3. The molecular weight excluding hydrogens is 634 g/mol. The van der Waals surface area contributed by atoms with Gasteiger partial charge in [-0.1, -0.05) is 37.3 Å². The number of aromatic nitrogens is 2. The van der Waals surface area contributed by atoms with Crippen molar-refractivity contribution in [1.29, 1.82) is 0 Å². The average molecular weight is 675 g/mol. The highest BCUT2D eigenvalue weighted by molar-refractivity contribution is 5.80.